The highest BCUT2D eigenvalue weighted by molar-refractivity contribution is 6.00. The lowest BCUT2D eigenvalue weighted by molar-refractivity contribution is -0.277. The fraction of sp³-hybridized carbons (Fsp3) is 0.538. The van der Waals surface area contributed by atoms with Crippen molar-refractivity contribution in [3.63, 3.8) is 0 Å². The first-order valence-electron chi connectivity index (χ1n) is 16.9. The van der Waals surface area contributed by atoms with Gasteiger partial charge in [0.15, 0.2) is 5.60 Å². The Labute approximate surface area is 261 Å². The van der Waals surface area contributed by atoms with Crippen LogP contribution in [0.25, 0.3) is 0 Å². The molecule has 7 aliphatic rings. The molecule has 1 aromatic rings. The van der Waals surface area contributed by atoms with Crippen molar-refractivity contribution in [3.8, 4) is 11.8 Å². The fourth-order valence-electron chi connectivity index (χ4n) is 10.7. The maximum absolute atomic E-state index is 14.8. The van der Waals surface area contributed by atoms with E-state index < -0.39 is 16.4 Å². The van der Waals surface area contributed by atoms with E-state index in [1.807, 2.05) is 6.07 Å². The lowest BCUT2D eigenvalue weighted by atomic mass is 9.28. The predicted octanol–water partition coefficient (Wildman–Crippen LogP) is 6.94. The van der Waals surface area contributed by atoms with Gasteiger partial charge in [0.1, 0.15) is 11.2 Å². The Morgan fingerprint density at radius 2 is 2.00 bits per heavy atom. The molecule has 0 unspecified atom stereocenters. The highest BCUT2D eigenvalue weighted by Gasteiger charge is 2.93. The smallest absolute Gasteiger partial charge is 0.339 e. The van der Waals surface area contributed by atoms with Crippen molar-refractivity contribution in [2.24, 2.45) is 52.1 Å². The second-order valence-corrected chi connectivity index (χ2v) is 14.5. The molecule has 228 valence electrons. The number of aryl methyl sites for hydroxylation is 1. The summed E-state index contributed by atoms with van der Waals surface area (Å²) in [6, 6.07) is 6.19. The van der Waals surface area contributed by atoms with Crippen molar-refractivity contribution in [2.45, 2.75) is 77.7 Å². The molecule has 44 heavy (non-hydrogen) atoms. The van der Waals surface area contributed by atoms with Gasteiger partial charge in [0.05, 0.1) is 11.0 Å². The molecule has 2 N–H and O–H groups in total. The van der Waals surface area contributed by atoms with Gasteiger partial charge in [-0.1, -0.05) is 75.6 Å². The molecule has 2 fully saturated rings. The fourth-order valence-corrected chi connectivity index (χ4v) is 10.7. The molecule has 0 amide bonds. The van der Waals surface area contributed by atoms with Crippen LogP contribution in [-0.4, -0.2) is 18.5 Å². The summed E-state index contributed by atoms with van der Waals surface area (Å²) >= 11 is 0. The number of ether oxygens (including phenoxy) is 2. The van der Waals surface area contributed by atoms with Crippen molar-refractivity contribution in [2.75, 3.05) is 6.54 Å². The quantitative estimate of drug-likeness (QED) is 0.229. The average molecular weight is 590 g/mol. The maximum atomic E-state index is 14.8. The first-order valence-corrected chi connectivity index (χ1v) is 16.9. The predicted molar refractivity (Wildman–Crippen MR) is 169 cm³/mol. The second kappa shape index (κ2) is 9.82. The molecule has 1 saturated carbocycles. The number of hydrogen-bond acceptors (Lipinski definition) is 5. The number of benzene rings is 1. The van der Waals surface area contributed by atoms with Gasteiger partial charge in [-0.15, -0.1) is 5.92 Å². The minimum Gasteiger partial charge on any atom is -0.449 e. The first-order chi connectivity index (χ1) is 21.4. The molecule has 1 saturated heterocycles. The van der Waals surface area contributed by atoms with E-state index in [1.54, 1.807) is 0 Å². The van der Waals surface area contributed by atoms with Crippen LogP contribution in [-0.2, 0) is 26.3 Å². The zero-order valence-electron chi connectivity index (χ0n) is 26.2. The average Bonchev–Trinajstić information content (AvgIpc) is 3.46. The molecule has 1 aromatic carbocycles. The summed E-state index contributed by atoms with van der Waals surface area (Å²) in [6.45, 7) is 7.28. The zero-order valence-corrected chi connectivity index (χ0v) is 26.2. The van der Waals surface area contributed by atoms with Crippen molar-refractivity contribution in [1.29, 1.82) is 0 Å². The highest BCUT2D eigenvalue weighted by atomic mass is 16.6. The number of nitrogens with two attached hydrogens (primary N) is 1. The number of fused-ring (bicyclic) bond motifs is 6. The molecule has 8 rings (SSSR count). The molecule has 2 bridgehead atoms. The number of carbonyl (C=O) groups is 2. The first kappa shape index (κ1) is 28.1. The Bertz CT molecular complexity index is 1650. The third-order valence-electron chi connectivity index (χ3n) is 12.3. The largest absolute Gasteiger partial charge is 0.449 e. The topological polar surface area (TPSA) is 78.6 Å². The van der Waals surface area contributed by atoms with Crippen LogP contribution in [0.3, 0.4) is 0 Å². The van der Waals surface area contributed by atoms with Crippen LogP contribution in [0.15, 0.2) is 65.5 Å². The van der Waals surface area contributed by atoms with Gasteiger partial charge < -0.3 is 15.2 Å². The number of allylic oxidation sites excluding steroid dienone is 6. The van der Waals surface area contributed by atoms with E-state index >= 15 is 0 Å². The molecule has 0 radical (unpaired) electrons. The molecule has 5 heteroatoms. The van der Waals surface area contributed by atoms with Gasteiger partial charge in [-0.3, -0.25) is 4.79 Å². The van der Waals surface area contributed by atoms with Crippen LogP contribution in [0.1, 0.15) is 87.2 Å². The molecular weight excluding hydrogens is 546 g/mol. The van der Waals surface area contributed by atoms with E-state index in [0.29, 0.717) is 42.0 Å². The van der Waals surface area contributed by atoms with Gasteiger partial charge in [0, 0.05) is 29.7 Å². The number of hydrogen-bond donors (Lipinski definition) is 1. The lowest BCUT2D eigenvalue weighted by Crippen LogP contribution is -2.77. The summed E-state index contributed by atoms with van der Waals surface area (Å²) in [5, 5.41) is 0. The SMILES string of the molecule is CCC[C@H]1[C@@]23C(=O)O/C4=C/C[C@@H](C)CC#C[C@@H](C[C@@]42[C@]12OC(=O)c1c(CCCN)cccc12)C1=C3C=C[C@H]2[C@@H]1C=CC[C@@H]2C. The summed E-state index contributed by atoms with van der Waals surface area (Å²) < 4.78 is 13.4. The summed E-state index contributed by atoms with van der Waals surface area (Å²) in [7, 11) is 0. The monoisotopic (exact) mass is 589 g/mol. The van der Waals surface area contributed by atoms with Crippen LogP contribution in [0.4, 0.5) is 0 Å². The van der Waals surface area contributed by atoms with Crippen LogP contribution in [0.2, 0.25) is 0 Å². The molecule has 2 heterocycles. The van der Waals surface area contributed by atoms with Crippen LogP contribution in [0, 0.1) is 58.2 Å². The van der Waals surface area contributed by atoms with Crippen molar-refractivity contribution >= 4 is 11.9 Å². The minimum atomic E-state index is -0.993. The van der Waals surface area contributed by atoms with Crippen LogP contribution >= 0.6 is 0 Å². The van der Waals surface area contributed by atoms with E-state index in [-0.39, 0.29) is 29.7 Å². The Balaban J connectivity index is 1.45. The Kier molecular flexibility index (Phi) is 6.28. The normalized spacial score (nSPS) is 41.7. The van der Waals surface area contributed by atoms with E-state index in [0.717, 1.165) is 61.6 Å². The van der Waals surface area contributed by atoms with Crippen molar-refractivity contribution in [1.82, 2.24) is 0 Å². The Hall–Kier alpha value is -3.36. The molecule has 0 aromatic heterocycles. The maximum Gasteiger partial charge on any atom is 0.339 e. The third-order valence-corrected chi connectivity index (χ3v) is 12.3. The van der Waals surface area contributed by atoms with E-state index in [4.69, 9.17) is 15.2 Å². The van der Waals surface area contributed by atoms with E-state index in [9.17, 15) is 9.59 Å². The lowest BCUT2D eigenvalue weighted by Gasteiger charge is -2.71. The van der Waals surface area contributed by atoms with Gasteiger partial charge in [-0.2, -0.15) is 0 Å². The molecular formula is C39H43NO4. The van der Waals surface area contributed by atoms with Gasteiger partial charge in [0.25, 0.3) is 0 Å². The van der Waals surface area contributed by atoms with Crippen molar-refractivity contribution < 1.29 is 19.1 Å². The van der Waals surface area contributed by atoms with Gasteiger partial charge in [0.2, 0.25) is 0 Å². The van der Waals surface area contributed by atoms with Gasteiger partial charge >= 0.3 is 11.9 Å². The summed E-state index contributed by atoms with van der Waals surface area (Å²) in [5.41, 5.74) is 8.14. The number of esters is 2. The highest BCUT2D eigenvalue weighted by Crippen LogP contribution is 2.87. The zero-order chi connectivity index (χ0) is 30.4. The van der Waals surface area contributed by atoms with Gasteiger partial charge in [-0.25, -0.2) is 4.79 Å². The van der Waals surface area contributed by atoms with Crippen LogP contribution < -0.4 is 5.73 Å². The minimum absolute atomic E-state index is 0.0589. The van der Waals surface area contributed by atoms with E-state index in [2.05, 4.69) is 75.1 Å². The number of rotatable bonds is 5. The molecule has 2 aliphatic heterocycles. The standard InChI is InChI=1S/C39H43NO4/c1-4-9-31-38-29-19-18-27-24(3)11-6-15-28(27)33(29)26-13-5-10-23(2)17-20-32(43-36(38)42)37(38,22-26)39(31)30-16-7-12-25(14-8-21-40)34(30)35(41)44-39/h6-7,12,15-16,18-20,23-24,26-28,31H,4,8-11,14,17,21-22,40H2,1-3H3/b32-20+/t23-,24-,26-,27+,28-,31-,37+,38-,39+/m0/s1. The van der Waals surface area contributed by atoms with Gasteiger partial charge in [-0.05, 0) is 85.6 Å². The second-order valence-electron chi connectivity index (χ2n) is 14.5. The Morgan fingerprint density at radius 3 is 2.82 bits per heavy atom. The third kappa shape index (κ3) is 3.16. The van der Waals surface area contributed by atoms with E-state index in [1.165, 1.54) is 5.57 Å². The summed E-state index contributed by atoms with van der Waals surface area (Å²) in [5.74, 6) is 8.76. The molecule has 9 atom stereocenters. The summed E-state index contributed by atoms with van der Waals surface area (Å²) in [4.78, 5) is 28.9. The van der Waals surface area contributed by atoms with Crippen molar-refractivity contribution in [3.05, 3.63) is 82.2 Å². The molecule has 5 aliphatic carbocycles. The molecule has 2 spiro atoms. The van der Waals surface area contributed by atoms with Crippen LogP contribution in [0.5, 0.6) is 0 Å². The Morgan fingerprint density at radius 1 is 1.14 bits per heavy atom. The molecule has 5 nitrogen and oxygen atoms in total. The number of carbonyl (C=O) groups excluding carboxylic acids is 2. The summed E-state index contributed by atoms with van der Waals surface area (Å²) in [6.07, 6.45) is 17.9.